The number of hydrogen-bond donors (Lipinski definition) is 0. The summed E-state index contributed by atoms with van der Waals surface area (Å²) in [4.78, 5) is 15.6. The monoisotopic (exact) mass is 234 g/mol. The predicted molar refractivity (Wildman–Crippen MR) is 70.8 cm³/mol. The summed E-state index contributed by atoms with van der Waals surface area (Å²) in [5.41, 5.74) is 2.54. The number of likely N-dealkylation sites (N-methyl/N-ethyl adjacent to an activating group) is 2. The zero-order chi connectivity index (χ0) is 13.0. The Morgan fingerprint density at radius 1 is 1.24 bits per heavy atom. The minimum atomic E-state index is -0.0930. The largest absolute Gasteiger partial charge is 0.347 e. The molecule has 0 spiro atoms. The zero-order valence-corrected chi connectivity index (χ0v) is 11.4. The number of amides is 1. The second kappa shape index (κ2) is 5.82. The van der Waals surface area contributed by atoms with Gasteiger partial charge < -0.3 is 4.90 Å². The van der Waals surface area contributed by atoms with Crippen LogP contribution in [-0.4, -0.2) is 42.9 Å². The van der Waals surface area contributed by atoms with Gasteiger partial charge in [0, 0.05) is 20.6 Å². The Morgan fingerprint density at radius 2 is 1.82 bits per heavy atom. The third-order valence-electron chi connectivity index (χ3n) is 3.14. The molecule has 1 atom stereocenters. The number of benzene rings is 1. The SMILES string of the molecule is Cc1ccccc1CN(C)C(C)C(=O)N(C)C. The average molecular weight is 234 g/mol. The van der Waals surface area contributed by atoms with E-state index in [2.05, 4.69) is 24.0 Å². The molecule has 1 amide bonds. The summed E-state index contributed by atoms with van der Waals surface area (Å²) in [6, 6.07) is 8.19. The molecule has 1 aromatic carbocycles. The van der Waals surface area contributed by atoms with Gasteiger partial charge in [0.2, 0.25) is 5.91 Å². The fraction of sp³-hybridized carbons (Fsp3) is 0.500. The van der Waals surface area contributed by atoms with Crippen LogP contribution in [0.25, 0.3) is 0 Å². The molecular formula is C14H22N2O. The van der Waals surface area contributed by atoms with Crippen LogP contribution in [0.3, 0.4) is 0 Å². The first-order chi connectivity index (χ1) is 7.93. The van der Waals surface area contributed by atoms with Crippen LogP contribution in [0, 0.1) is 6.92 Å². The third kappa shape index (κ3) is 3.56. The summed E-state index contributed by atoms with van der Waals surface area (Å²) in [5, 5.41) is 0. The quantitative estimate of drug-likeness (QED) is 0.794. The second-order valence-electron chi connectivity index (χ2n) is 4.75. The molecule has 0 heterocycles. The number of rotatable bonds is 4. The number of carbonyl (C=O) groups excluding carboxylic acids is 1. The van der Waals surface area contributed by atoms with Gasteiger partial charge in [0.05, 0.1) is 6.04 Å². The van der Waals surface area contributed by atoms with E-state index in [1.54, 1.807) is 19.0 Å². The van der Waals surface area contributed by atoms with Crippen LogP contribution in [0.4, 0.5) is 0 Å². The molecule has 94 valence electrons. The van der Waals surface area contributed by atoms with Crippen molar-refractivity contribution in [2.75, 3.05) is 21.1 Å². The molecule has 0 aliphatic carbocycles. The van der Waals surface area contributed by atoms with Gasteiger partial charge in [-0.2, -0.15) is 0 Å². The maximum atomic E-state index is 11.8. The van der Waals surface area contributed by atoms with Crippen molar-refractivity contribution in [2.45, 2.75) is 26.4 Å². The van der Waals surface area contributed by atoms with Gasteiger partial charge in [0.25, 0.3) is 0 Å². The van der Waals surface area contributed by atoms with Crippen LogP contribution in [-0.2, 0) is 11.3 Å². The lowest BCUT2D eigenvalue weighted by Gasteiger charge is -2.26. The van der Waals surface area contributed by atoms with Gasteiger partial charge in [-0.25, -0.2) is 0 Å². The number of nitrogens with zero attached hydrogens (tertiary/aromatic N) is 2. The Balaban J connectivity index is 2.70. The third-order valence-corrected chi connectivity index (χ3v) is 3.14. The maximum absolute atomic E-state index is 11.8. The van der Waals surface area contributed by atoms with Gasteiger partial charge in [-0.05, 0) is 32.0 Å². The van der Waals surface area contributed by atoms with Gasteiger partial charge in [-0.15, -0.1) is 0 Å². The lowest BCUT2D eigenvalue weighted by Crippen LogP contribution is -2.42. The minimum absolute atomic E-state index is 0.0930. The van der Waals surface area contributed by atoms with Crippen LogP contribution in [0.5, 0.6) is 0 Å². The van der Waals surface area contributed by atoms with E-state index in [0.717, 1.165) is 6.54 Å². The summed E-state index contributed by atoms with van der Waals surface area (Å²) >= 11 is 0. The molecule has 0 aliphatic heterocycles. The first-order valence-electron chi connectivity index (χ1n) is 5.89. The highest BCUT2D eigenvalue weighted by Gasteiger charge is 2.19. The van der Waals surface area contributed by atoms with Crippen LogP contribution >= 0.6 is 0 Å². The molecule has 0 saturated carbocycles. The first-order valence-corrected chi connectivity index (χ1v) is 5.89. The summed E-state index contributed by atoms with van der Waals surface area (Å²) in [6.45, 7) is 4.84. The highest BCUT2D eigenvalue weighted by Crippen LogP contribution is 2.11. The van der Waals surface area contributed by atoms with Crippen molar-refractivity contribution in [1.82, 2.24) is 9.80 Å². The summed E-state index contributed by atoms with van der Waals surface area (Å²) < 4.78 is 0. The Kier molecular flexibility index (Phi) is 4.70. The van der Waals surface area contributed by atoms with Crippen molar-refractivity contribution in [3.8, 4) is 0 Å². The van der Waals surface area contributed by atoms with Crippen molar-refractivity contribution < 1.29 is 4.79 Å². The second-order valence-corrected chi connectivity index (χ2v) is 4.75. The van der Waals surface area contributed by atoms with E-state index in [-0.39, 0.29) is 11.9 Å². The topological polar surface area (TPSA) is 23.6 Å². The van der Waals surface area contributed by atoms with E-state index in [1.165, 1.54) is 11.1 Å². The molecular weight excluding hydrogens is 212 g/mol. The van der Waals surface area contributed by atoms with E-state index >= 15 is 0 Å². The molecule has 0 aromatic heterocycles. The Hall–Kier alpha value is -1.35. The van der Waals surface area contributed by atoms with Gasteiger partial charge in [0.1, 0.15) is 0 Å². The number of aryl methyl sites for hydroxylation is 1. The molecule has 0 saturated heterocycles. The van der Waals surface area contributed by atoms with Crippen LogP contribution < -0.4 is 0 Å². The first kappa shape index (κ1) is 13.7. The molecule has 17 heavy (non-hydrogen) atoms. The highest BCUT2D eigenvalue weighted by atomic mass is 16.2. The van der Waals surface area contributed by atoms with Gasteiger partial charge in [-0.1, -0.05) is 24.3 Å². The van der Waals surface area contributed by atoms with Crippen molar-refractivity contribution in [2.24, 2.45) is 0 Å². The number of hydrogen-bond acceptors (Lipinski definition) is 2. The van der Waals surface area contributed by atoms with Gasteiger partial charge in [-0.3, -0.25) is 9.69 Å². The van der Waals surface area contributed by atoms with Crippen molar-refractivity contribution in [3.05, 3.63) is 35.4 Å². The minimum Gasteiger partial charge on any atom is -0.347 e. The predicted octanol–water partition coefficient (Wildman–Crippen LogP) is 1.90. The van der Waals surface area contributed by atoms with Crippen LogP contribution in [0.1, 0.15) is 18.1 Å². The standard InChI is InChI=1S/C14H22N2O/c1-11-8-6-7-9-13(11)10-16(5)12(2)14(17)15(3)4/h6-9,12H,10H2,1-5H3. The smallest absolute Gasteiger partial charge is 0.239 e. The molecule has 1 rings (SSSR count). The van der Waals surface area contributed by atoms with E-state index in [0.29, 0.717) is 0 Å². The van der Waals surface area contributed by atoms with Crippen molar-refractivity contribution >= 4 is 5.91 Å². The normalized spacial score (nSPS) is 12.6. The number of carbonyl (C=O) groups is 1. The molecule has 0 bridgehead atoms. The lowest BCUT2D eigenvalue weighted by atomic mass is 10.1. The fourth-order valence-corrected chi connectivity index (χ4v) is 1.76. The molecule has 0 fully saturated rings. The van der Waals surface area contributed by atoms with Crippen LogP contribution in [0.15, 0.2) is 24.3 Å². The molecule has 0 radical (unpaired) electrons. The van der Waals surface area contributed by atoms with Crippen molar-refractivity contribution in [1.29, 1.82) is 0 Å². The maximum Gasteiger partial charge on any atom is 0.239 e. The lowest BCUT2D eigenvalue weighted by molar-refractivity contribution is -0.133. The van der Waals surface area contributed by atoms with Crippen LogP contribution in [0.2, 0.25) is 0 Å². The summed E-state index contributed by atoms with van der Waals surface area (Å²) in [5.74, 6) is 0.140. The Bertz CT molecular complexity index is 388. The Morgan fingerprint density at radius 3 is 2.35 bits per heavy atom. The Labute approximate surface area is 104 Å². The van der Waals surface area contributed by atoms with E-state index in [9.17, 15) is 4.79 Å². The van der Waals surface area contributed by atoms with E-state index in [4.69, 9.17) is 0 Å². The van der Waals surface area contributed by atoms with Gasteiger partial charge >= 0.3 is 0 Å². The van der Waals surface area contributed by atoms with Gasteiger partial charge in [0.15, 0.2) is 0 Å². The molecule has 3 heteroatoms. The molecule has 0 aliphatic rings. The zero-order valence-electron chi connectivity index (χ0n) is 11.4. The average Bonchev–Trinajstić information content (AvgIpc) is 2.30. The van der Waals surface area contributed by atoms with Crippen molar-refractivity contribution in [3.63, 3.8) is 0 Å². The summed E-state index contributed by atoms with van der Waals surface area (Å²) in [6.07, 6.45) is 0. The molecule has 1 unspecified atom stereocenters. The fourth-order valence-electron chi connectivity index (χ4n) is 1.76. The molecule has 3 nitrogen and oxygen atoms in total. The molecule has 1 aromatic rings. The molecule has 0 N–H and O–H groups in total. The summed E-state index contributed by atoms with van der Waals surface area (Å²) in [7, 11) is 5.57. The highest BCUT2D eigenvalue weighted by molar-refractivity contribution is 5.80. The van der Waals surface area contributed by atoms with E-state index < -0.39 is 0 Å². The van der Waals surface area contributed by atoms with E-state index in [1.807, 2.05) is 26.1 Å².